The zero-order valence-corrected chi connectivity index (χ0v) is 16.1. The lowest BCUT2D eigenvalue weighted by atomic mass is 9.85. The maximum absolute atomic E-state index is 14.5. The van der Waals surface area contributed by atoms with E-state index in [4.69, 9.17) is 17.3 Å². The molecule has 0 radical (unpaired) electrons. The molecule has 1 amide bonds. The molecule has 0 fully saturated rings. The highest BCUT2D eigenvalue weighted by atomic mass is 35.5. The summed E-state index contributed by atoms with van der Waals surface area (Å²) in [7, 11) is 0. The first-order valence-electron chi connectivity index (χ1n) is 8.41. The Morgan fingerprint density at radius 2 is 2.13 bits per heavy atom. The number of nitrogens with one attached hydrogen (secondary N) is 1. The minimum atomic E-state index is -3.60. The van der Waals surface area contributed by atoms with Crippen molar-refractivity contribution in [2.45, 2.75) is 31.4 Å². The zero-order chi connectivity index (χ0) is 22.3. The Morgan fingerprint density at radius 1 is 1.43 bits per heavy atom. The predicted octanol–water partition coefficient (Wildman–Crippen LogP) is 3.39. The van der Waals surface area contributed by atoms with Gasteiger partial charge in [0.2, 0.25) is 0 Å². The van der Waals surface area contributed by atoms with Gasteiger partial charge in [-0.2, -0.15) is 13.9 Å². The molecule has 1 aromatic carbocycles. The van der Waals surface area contributed by atoms with Crippen molar-refractivity contribution >= 4 is 29.2 Å². The number of carbonyl (C=O) groups excluding carboxylic acids is 1. The molecule has 0 aliphatic carbocycles. The van der Waals surface area contributed by atoms with Crippen LogP contribution >= 0.6 is 11.6 Å². The van der Waals surface area contributed by atoms with E-state index in [-0.39, 0.29) is 16.4 Å². The Labute approximate surface area is 171 Å². The molecule has 0 unspecified atom stereocenters. The van der Waals surface area contributed by atoms with Gasteiger partial charge in [-0.25, -0.2) is 18.2 Å². The molecule has 1 atom stereocenters. The van der Waals surface area contributed by atoms with Crippen LogP contribution < -0.4 is 11.1 Å². The van der Waals surface area contributed by atoms with Crippen LogP contribution in [0.2, 0.25) is 5.02 Å². The molecular weight excluding hydrogens is 437 g/mol. The molecule has 2 heterocycles. The fourth-order valence-corrected chi connectivity index (χ4v) is 3.09. The third-order valence-corrected chi connectivity index (χ3v) is 4.73. The Balaban J connectivity index is 1.92. The Hall–Kier alpha value is -2.89. The number of alkyl halides is 4. The topological polar surface area (TPSA) is 94.5 Å². The average molecular weight is 452 g/mol. The van der Waals surface area contributed by atoms with E-state index in [1.54, 1.807) is 0 Å². The fraction of sp³-hybridized carbons (Fsp3) is 0.353. The average Bonchev–Trinajstić information content (AvgIpc) is 3.00. The van der Waals surface area contributed by atoms with Crippen LogP contribution in [0.25, 0.3) is 0 Å². The Morgan fingerprint density at radius 3 is 2.80 bits per heavy atom. The lowest BCUT2D eigenvalue weighted by molar-refractivity contribution is -0.117. The van der Waals surface area contributed by atoms with Gasteiger partial charge in [-0.1, -0.05) is 11.6 Å². The van der Waals surface area contributed by atoms with E-state index in [2.05, 4.69) is 20.1 Å². The van der Waals surface area contributed by atoms with Crippen molar-refractivity contribution in [2.24, 2.45) is 10.7 Å². The van der Waals surface area contributed by atoms with Crippen molar-refractivity contribution in [3.05, 3.63) is 46.5 Å². The first-order valence-corrected chi connectivity index (χ1v) is 8.79. The first kappa shape index (κ1) is 21.8. The molecule has 162 valence electrons. The van der Waals surface area contributed by atoms with Gasteiger partial charge in [0.15, 0.2) is 17.8 Å². The van der Waals surface area contributed by atoms with E-state index in [0.29, 0.717) is 0 Å². The molecule has 3 rings (SSSR count). The van der Waals surface area contributed by atoms with Crippen molar-refractivity contribution in [3.8, 4) is 0 Å². The minimum absolute atomic E-state index is 0.0758. The number of anilines is 1. The predicted molar refractivity (Wildman–Crippen MR) is 97.5 cm³/mol. The lowest BCUT2D eigenvalue weighted by Gasteiger charge is -2.37. The summed E-state index contributed by atoms with van der Waals surface area (Å²) in [5.41, 5.74) is 2.02. The summed E-state index contributed by atoms with van der Waals surface area (Å²) < 4.78 is 73.6. The molecule has 3 N–H and O–H groups in total. The molecule has 0 saturated carbocycles. The molecule has 0 spiro atoms. The second-order valence-corrected chi connectivity index (χ2v) is 7.01. The molecule has 1 aliphatic heterocycles. The summed E-state index contributed by atoms with van der Waals surface area (Å²) >= 11 is 5.85. The Kier molecular flexibility index (Phi) is 5.63. The number of ether oxygens (including phenoxy) is 1. The van der Waals surface area contributed by atoms with Crippen LogP contribution in [0.3, 0.4) is 0 Å². The number of nitrogens with two attached hydrogens (primary N) is 1. The van der Waals surface area contributed by atoms with Crippen LogP contribution in [-0.4, -0.2) is 40.7 Å². The third-order valence-electron chi connectivity index (χ3n) is 4.45. The van der Waals surface area contributed by atoms with Gasteiger partial charge in [-0.05, 0) is 25.1 Å². The number of hydrogen-bond acceptors (Lipinski definition) is 5. The summed E-state index contributed by atoms with van der Waals surface area (Å²) in [6.45, 7) is -0.899. The van der Waals surface area contributed by atoms with Crippen molar-refractivity contribution in [2.75, 3.05) is 11.9 Å². The molecule has 30 heavy (non-hydrogen) atoms. The molecule has 0 bridgehead atoms. The number of carbonyl (C=O) groups is 1. The van der Waals surface area contributed by atoms with Crippen molar-refractivity contribution in [3.63, 3.8) is 0 Å². The van der Waals surface area contributed by atoms with E-state index < -0.39 is 54.3 Å². The van der Waals surface area contributed by atoms with Crippen LogP contribution in [0.15, 0.2) is 29.4 Å². The van der Waals surface area contributed by atoms with Gasteiger partial charge in [-0.15, -0.1) is 0 Å². The first-order chi connectivity index (χ1) is 13.9. The summed E-state index contributed by atoms with van der Waals surface area (Å²) in [6, 6.07) is 2.42. The van der Waals surface area contributed by atoms with Gasteiger partial charge in [0.05, 0.1) is 5.02 Å². The van der Waals surface area contributed by atoms with Gasteiger partial charge >= 0.3 is 5.92 Å². The van der Waals surface area contributed by atoms with E-state index in [0.717, 1.165) is 36.0 Å². The summed E-state index contributed by atoms with van der Waals surface area (Å²) in [6.07, 6.45) is -1.67. The number of amides is 1. The highest BCUT2D eigenvalue weighted by molar-refractivity contribution is 6.34. The van der Waals surface area contributed by atoms with Gasteiger partial charge in [0, 0.05) is 17.4 Å². The fourth-order valence-electron chi connectivity index (χ4n) is 2.85. The largest absolute Gasteiger partial charge is 0.459 e. The number of aromatic nitrogens is 2. The van der Waals surface area contributed by atoms with Crippen molar-refractivity contribution in [1.29, 1.82) is 0 Å². The normalized spacial score (nSPS) is 20.6. The van der Waals surface area contributed by atoms with E-state index >= 15 is 0 Å². The summed E-state index contributed by atoms with van der Waals surface area (Å²) in [4.78, 5) is 16.0. The van der Waals surface area contributed by atoms with Crippen molar-refractivity contribution in [1.82, 2.24) is 9.78 Å². The number of benzene rings is 1. The summed E-state index contributed by atoms with van der Waals surface area (Å²) in [5, 5.41) is 5.79. The van der Waals surface area contributed by atoms with Gasteiger partial charge in [0.25, 0.3) is 18.4 Å². The van der Waals surface area contributed by atoms with E-state index in [9.17, 15) is 26.7 Å². The SMILES string of the molecule is C[C@]1(c2cc(NC(=O)c3nn(CC(F)F)cc3Cl)ccc2F)N=C(N)OCC1(F)F. The van der Waals surface area contributed by atoms with Crippen molar-refractivity contribution < 1.29 is 31.5 Å². The monoisotopic (exact) mass is 451 g/mol. The molecule has 1 aliphatic rings. The molecule has 13 heteroatoms. The molecule has 1 aromatic heterocycles. The maximum Gasteiger partial charge on any atom is 0.310 e. The zero-order valence-electron chi connectivity index (χ0n) is 15.3. The van der Waals surface area contributed by atoms with Crippen LogP contribution in [0.1, 0.15) is 23.0 Å². The maximum atomic E-state index is 14.5. The highest BCUT2D eigenvalue weighted by Gasteiger charge is 2.56. The van der Waals surface area contributed by atoms with E-state index in [1.807, 2.05) is 0 Å². The van der Waals surface area contributed by atoms with Gasteiger partial charge < -0.3 is 15.8 Å². The number of amidine groups is 1. The minimum Gasteiger partial charge on any atom is -0.459 e. The molecule has 7 nitrogen and oxygen atoms in total. The van der Waals surface area contributed by atoms with Crippen LogP contribution in [0.5, 0.6) is 0 Å². The molecule has 0 saturated heterocycles. The van der Waals surface area contributed by atoms with Gasteiger partial charge in [0.1, 0.15) is 12.4 Å². The number of rotatable bonds is 5. The molecular formula is C17H15ClF5N5O2. The number of nitrogens with zero attached hydrogens (tertiary/aromatic N) is 3. The molecule has 2 aromatic rings. The number of halogens is 6. The van der Waals surface area contributed by atoms with Crippen LogP contribution in [-0.2, 0) is 16.8 Å². The van der Waals surface area contributed by atoms with Gasteiger partial charge in [-0.3, -0.25) is 9.48 Å². The highest BCUT2D eigenvalue weighted by Crippen LogP contribution is 2.44. The second kappa shape index (κ2) is 7.74. The third kappa shape index (κ3) is 4.04. The van der Waals surface area contributed by atoms with Crippen LogP contribution in [0, 0.1) is 5.82 Å². The lowest BCUT2D eigenvalue weighted by Crippen LogP contribution is -2.51. The number of aliphatic imine (C=N–C) groups is 1. The summed E-state index contributed by atoms with van der Waals surface area (Å²) in [5.74, 6) is -5.51. The second-order valence-electron chi connectivity index (χ2n) is 6.60. The Bertz CT molecular complexity index is 1010. The van der Waals surface area contributed by atoms with E-state index in [1.165, 1.54) is 0 Å². The number of hydrogen-bond donors (Lipinski definition) is 2. The van der Waals surface area contributed by atoms with Crippen LogP contribution in [0.4, 0.5) is 27.6 Å². The quantitative estimate of drug-likeness (QED) is 0.681. The smallest absolute Gasteiger partial charge is 0.310 e. The standard InChI is InChI=1S/C17H15ClF5N5O2/c1-16(17(22,23)7-30-15(24)26-16)9-4-8(2-3-11(9)19)25-14(29)13-10(18)5-28(27-13)6-12(20)21/h2-5,12H,6-7H2,1H3,(H2,24,26)(H,25,29)/t16-/m1/s1.